The minimum atomic E-state index is -0.664. The average Bonchev–Trinajstić information content (AvgIpc) is 3.14. The lowest BCUT2D eigenvalue weighted by Crippen LogP contribution is -2.53. The van der Waals surface area contributed by atoms with Gasteiger partial charge in [0.05, 0.1) is 23.9 Å². The molecule has 1 saturated heterocycles. The summed E-state index contributed by atoms with van der Waals surface area (Å²) in [6.45, 7) is 1.86. The molecule has 2 atom stereocenters. The SMILES string of the molecule is CN(C)CCOc1ccc(NC2=NC=C3C(=O)N4C/C=C\CCC(O)c5cccc(n5)N4C3N2)cc1. The number of nitrogens with one attached hydrogen (secondary N) is 2. The summed E-state index contributed by atoms with van der Waals surface area (Å²) < 4.78 is 5.76. The molecule has 36 heavy (non-hydrogen) atoms. The molecule has 10 heteroatoms. The number of pyridine rings is 1. The molecule has 1 aromatic carbocycles. The zero-order valence-corrected chi connectivity index (χ0v) is 20.5. The van der Waals surface area contributed by atoms with Gasteiger partial charge in [0.2, 0.25) is 5.96 Å². The summed E-state index contributed by atoms with van der Waals surface area (Å²) in [5.74, 6) is 1.76. The minimum Gasteiger partial charge on any atom is -0.492 e. The third kappa shape index (κ3) is 5.05. The number of aliphatic hydroxyl groups is 1. The highest BCUT2D eigenvalue weighted by Gasteiger charge is 2.45. The minimum absolute atomic E-state index is 0.133. The fourth-order valence-corrected chi connectivity index (χ4v) is 4.26. The van der Waals surface area contributed by atoms with Crippen LogP contribution in [0.25, 0.3) is 0 Å². The van der Waals surface area contributed by atoms with Gasteiger partial charge < -0.3 is 25.4 Å². The van der Waals surface area contributed by atoms with E-state index in [-0.39, 0.29) is 5.91 Å². The van der Waals surface area contributed by atoms with Gasteiger partial charge in [-0.3, -0.25) is 4.79 Å². The maximum Gasteiger partial charge on any atom is 0.274 e. The average molecular weight is 490 g/mol. The van der Waals surface area contributed by atoms with Crippen LogP contribution < -0.4 is 20.4 Å². The first-order valence-electron chi connectivity index (χ1n) is 12.1. The number of guanidine groups is 1. The van der Waals surface area contributed by atoms with E-state index in [4.69, 9.17) is 4.74 Å². The number of likely N-dealkylation sites (N-methyl/N-ethyl adjacent to an activating group) is 1. The van der Waals surface area contributed by atoms with Gasteiger partial charge in [0, 0.05) is 18.4 Å². The fourth-order valence-electron chi connectivity index (χ4n) is 4.26. The Hall–Kier alpha value is -3.89. The van der Waals surface area contributed by atoms with Crippen LogP contribution in [0.1, 0.15) is 24.6 Å². The first kappa shape index (κ1) is 23.8. The zero-order valence-electron chi connectivity index (χ0n) is 20.5. The maximum atomic E-state index is 13.3. The first-order valence-corrected chi connectivity index (χ1v) is 12.1. The molecule has 0 spiro atoms. The normalized spacial score (nSPS) is 22.1. The second-order valence-electron chi connectivity index (χ2n) is 9.13. The molecule has 1 fully saturated rings. The monoisotopic (exact) mass is 489 g/mol. The predicted octanol–water partition coefficient (Wildman–Crippen LogP) is 2.25. The lowest BCUT2D eigenvalue weighted by molar-refractivity contribution is -0.124. The van der Waals surface area contributed by atoms with Crippen molar-refractivity contribution in [2.45, 2.75) is 25.1 Å². The van der Waals surface area contributed by atoms with E-state index in [1.807, 2.05) is 73.7 Å². The van der Waals surface area contributed by atoms with Crippen molar-refractivity contribution in [1.29, 1.82) is 0 Å². The Morgan fingerprint density at radius 3 is 2.83 bits per heavy atom. The van der Waals surface area contributed by atoms with E-state index < -0.39 is 12.3 Å². The number of hydrazine groups is 1. The van der Waals surface area contributed by atoms with E-state index in [2.05, 4.69) is 25.5 Å². The summed E-state index contributed by atoms with van der Waals surface area (Å²) in [7, 11) is 4.02. The molecule has 5 rings (SSSR count). The summed E-state index contributed by atoms with van der Waals surface area (Å²) in [5.41, 5.74) is 1.95. The van der Waals surface area contributed by atoms with Crippen molar-refractivity contribution < 1.29 is 14.6 Å². The number of fused-ring (bicyclic) bond motifs is 6. The van der Waals surface area contributed by atoms with Gasteiger partial charge in [-0.1, -0.05) is 18.2 Å². The largest absolute Gasteiger partial charge is 0.492 e. The van der Waals surface area contributed by atoms with E-state index in [0.717, 1.165) is 18.0 Å². The van der Waals surface area contributed by atoms with Gasteiger partial charge in [-0.2, -0.15) is 0 Å². The highest BCUT2D eigenvalue weighted by Crippen LogP contribution is 2.32. The molecule has 10 nitrogen and oxygen atoms in total. The van der Waals surface area contributed by atoms with Gasteiger partial charge in [-0.05, 0) is 63.3 Å². The summed E-state index contributed by atoms with van der Waals surface area (Å²) in [5, 5.41) is 20.7. The number of hydrogen-bond acceptors (Lipinski definition) is 9. The van der Waals surface area contributed by atoms with Crippen LogP contribution >= 0.6 is 0 Å². The molecular weight excluding hydrogens is 458 g/mol. The molecule has 2 aromatic rings. The second-order valence-corrected chi connectivity index (χ2v) is 9.13. The Morgan fingerprint density at radius 1 is 1.19 bits per heavy atom. The number of allylic oxidation sites excluding steroid dienone is 1. The van der Waals surface area contributed by atoms with Gasteiger partial charge in [-0.25, -0.2) is 20.0 Å². The summed E-state index contributed by atoms with van der Waals surface area (Å²) in [6.07, 6.45) is 5.67. The van der Waals surface area contributed by atoms with Crippen LogP contribution in [0.4, 0.5) is 11.5 Å². The maximum absolute atomic E-state index is 13.3. The van der Waals surface area contributed by atoms with E-state index in [9.17, 15) is 9.90 Å². The number of nitrogens with zero attached hydrogens (tertiary/aromatic N) is 5. The van der Waals surface area contributed by atoms with E-state index in [0.29, 0.717) is 49.0 Å². The molecule has 0 radical (unpaired) electrons. The first-order chi connectivity index (χ1) is 17.5. The van der Waals surface area contributed by atoms with E-state index in [1.165, 1.54) is 0 Å². The van der Waals surface area contributed by atoms with Crippen molar-refractivity contribution in [1.82, 2.24) is 20.2 Å². The fraction of sp³-hybridized carbons (Fsp3) is 0.346. The molecule has 188 valence electrons. The molecular formula is C26H31N7O3. The van der Waals surface area contributed by atoms with Crippen LogP contribution in [0.15, 0.2) is 71.4 Å². The Balaban J connectivity index is 1.34. The second kappa shape index (κ2) is 10.4. The lowest BCUT2D eigenvalue weighted by atomic mass is 10.1. The third-order valence-electron chi connectivity index (χ3n) is 6.19. The van der Waals surface area contributed by atoms with Crippen LogP contribution in [-0.2, 0) is 4.79 Å². The highest BCUT2D eigenvalue weighted by molar-refractivity contribution is 6.04. The number of amides is 1. The summed E-state index contributed by atoms with van der Waals surface area (Å²) >= 11 is 0. The Labute approximate surface area is 210 Å². The van der Waals surface area contributed by atoms with Crippen LogP contribution in [0.5, 0.6) is 5.75 Å². The van der Waals surface area contributed by atoms with Gasteiger partial charge >= 0.3 is 0 Å². The number of rotatable bonds is 5. The van der Waals surface area contributed by atoms with Gasteiger partial charge in [0.25, 0.3) is 5.91 Å². The number of benzene rings is 1. The quantitative estimate of drug-likeness (QED) is 0.550. The van der Waals surface area contributed by atoms with Gasteiger partial charge in [0.15, 0.2) is 6.17 Å². The van der Waals surface area contributed by atoms with E-state index >= 15 is 0 Å². The molecule has 2 bridgehead atoms. The molecule has 1 aromatic heterocycles. The Morgan fingerprint density at radius 2 is 2.03 bits per heavy atom. The molecule has 4 heterocycles. The van der Waals surface area contributed by atoms with Crippen LogP contribution in [0.2, 0.25) is 0 Å². The number of aliphatic hydroxyl groups excluding tert-OH is 1. The van der Waals surface area contributed by atoms with Crippen molar-refractivity contribution in [3.05, 3.63) is 72.1 Å². The molecule has 3 aliphatic heterocycles. The third-order valence-corrected chi connectivity index (χ3v) is 6.19. The van der Waals surface area contributed by atoms with Gasteiger partial charge in [-0.15, -0.1) is 0 Å². The molecule has 3 aliphatic rings. The van der Waals surface area contributed by atoms with Crippen molar-refractivity contribution in [2.75, 3.05) is 44.1 Å². The summed E-state index contributed by atoms with van der Waals surface area (Å²) in [6, 6.07) is 13.2. The topological polar surface area (TPSA) is 106 Å². The number of ether oxygens (including phenoxy) is 1. The number of carbonyl (C=O) groups is 1. The van der Waals surface area contributed by atoms with E-state index in [1.54, 1.807) is 11.2 Å². The van der Waals surface area contributed by atoms with Crippen molar-refractivity contribution in [3.8, 4) is 5.75 Å². The standard InChI is InChI=1S/C26H31N7O3/c1-31(2)15-16-36-19-12-10-18(11-13-19)28-26-27-17-20-24(30-26)33-23-9-6-7-21(29-23)22(34)8-4-3-5-14-32(33)25(20)35/h3,5-7,9-13,17,22,24,34H,4,8,14-16H2,1-2H3,(H2,27,28,30)/b5-3-. The smallest absolute Gasteiger partial charge is 0.274 e. The van der Waals surface area contributed by atoms with Crippen LogP contribution in [0, 0.1) is 0 Å². The van der Waals surface area contributed by atoms with Crippen LogP contribution in [-0.4, -0.2) is 71.8 Å². The number of carbonyl (C=O) groups excluding carboxylic acids is 1. The van der Waals surface area contributed by atoms with Gasteiger partial charge in [0.1, 0.15) is 18.2 Å². The van der Waals surface area contributed by atoms with Crippen molar-refractivity contribution in [3.63, 3.8) is 0 Å². The lowest BCUT2D eigenvalue weighted by Gasteiger charge is -2.33. The number of aliphatic imine (C=N–C) groups is 1. The molecule has 2 unspecified atom stereocenters. The number of anilines is 2. The molecule has 1 amide bonds. The van der Waals surface area contributed by atoms with Crippen LogP contribution in [0.3, 0.4) is 0 Å². The molecule has 3 N–H and O–H groups in total. The number of hydrogen-bond donors (Lipinski definition) is 3. The Kier molecular flexibility index (Phi) is 6.88. The number of aromatic nitrogens is 1. The molecule has 0 saturated carbocycles. The Bertz CT molecular complexity index is 1190. The van der Waals surface area contributed by atoms with Crippen molar-refractivity contribution in [2.24, 2.45) is 4.99 Å². The highest BCUT2D eigenvalue weighted by atomic mass is 16.5. The predicted molar refractivity (Wildman–Crippen MR) is 138 cm³/mol. The summed E-state index contributed by atoms with van der Waals surface area (Å²) in [4.78, 5) is 24.5. The zero-order chi connectivity index (χ0) is 25.1. The van der Waals surface area contributed by atoms with Crippen molar-refractivity contribution >= 4 is 23.4 Å². The molecule has 0 aliphatic carbocycles.